The quantitative estimate of drug-likeness (QED) is 0.425. The maximum atomic E-state index is 11.4. The van der Waals surface area contributed by atoms with Gasteiger partial charge in [0.15, 0.2) is 6.23 Å². The van der Waals surface area contributed by atoms with Crippen molar-refractivity contribution in [2.24, 2.45) is 0 Å². The summed E-state index contributed by atoms with van der Waals surface area (Å²) < 4.78 is 5.93. The van der Waals surface area contributed by atoms with Gasteiger partial charge in [0.1, 0.15) is 24.6 Å². The molecule has 0 spiro atoms. The topological polar surface area (TPSA) is 138 Å². The Morgan fingerprint density at radius 2 is 2.12 bits per heavy atom. The number of H-pyrrole nitrogens is 1. The van der Waals surface area contributed by atoms with E-state index in [1.165, 1.54) is 0 Å². The molecular formula is C8H11N3O6. The van der Waals surface area contributed by atoms with E-state index in [-0.39, 0.29) is 0 Å². The molecule has 94 valence electrons. The van der Waals surface area contributed by atoms with Crippen LogP contribution in [-0.2, 0) is 4.74 Å². The summed E-state index contributed by atoms with van der Waals surface area (Å²) in [6, 6.07) is 0. The van der Waals surface area contributed by atoms with E-state index in [2.05, 4.69) is 4.98 Å². The first-order valence-electron chi connectivity index (χ1n) is 4.84. The summed E-state index contributed by atoms with van der Waals surface area (Å²) in [4.78, 5) is 27.4. The standard InChI is InChI=1S/C8H11N3O6/c12-1-3-4(13)5(14)6(17-3)11-2-9-7(15)10-8(11)16/h2-6,12-14H,1H2,(H,10,15,16)/t3-,4+,5-,6+/m0/s1. The van der Waals surface area contributed by atoms with Gasteiger partial charge in [-0.2, -0.15) is 4.98 Å². The van der Waals surface area contributed by atoms with Crippen LogP contribution in [-0.4, -0.2) is 54.8 Å². The number of aliphatic hydroxyl groups excluding tert-OH is 3. The lowest BCUT2D eigenvalue weighted by Gasteiger charge is -2.15. The first-order chi connectivity index (χ1) is 8.04. The number of rotatable bonds is 2. The lowest BCUT2D eigenvalue weighted by atomic mass is 10.1. The molecule has 2 heterocycles. The molecule has 0 aromatic carbocycles. The number of aliphatic hydroxyl groups is 3. The molecule has 1 aliphatic heterocycles. The highest BCUT2D eigenvalue weighted by Crippen LogP contribution is 2.27. The largest absolute Gasteiger partial charge is 0.394 e. The molecule has 4 N–H and O–H groups in total. The van der Waals surface area contributed by atoms with Crippen LogP contribution in [0.15, 0.2) is 15.9 Å². The maximum Gasteiger partial charge on any atom is 0.350 e. The fourth-order valence-corrected chi connectivity index (χ4v) is 1.65. The molecule has 1 aliphatic rings. The smallest absolute Gasteiger partial charge is 0.350 e. The molecule has 0 amide bonds. The number of aromatic amines is 1. The third-order valence-corrected chi connectivity index (χ3v) is 2.54. The number of hydrogen-bond donors (Lipinski definition) is 4. The molecule has 0 aliphatic carbocycles. The van der Waals surface area contributed by atoms with Crippen molar-refractivity contribution >= 4 is 0 Å². The molecule has 1 saturated heterocycles. The lowest BCUT2D eigenvalue weighted by Crippen LogP contribution is -2.38. The molecule has 0 bridgehead atoms. The van der Waals surface area contributed by atoms with Crippen molar-refractivity contribution in [3.63, 3.8) is 0 Å². The highest BCUT2D eigenvalue weighted by Gasteiger charge is 2.43. The summed E-state index contributed by atoms with van der Waals surface area (Å²) >= 11 is 0. The van der Waals surface area contributed by atoms with E-state index in [9.17, 15) is 19.8 Å². The molecule has 1 fully saturated rings. The van der Waals surface area contributed by atoms with E-state index in [1.54, 1.807) is 0 Å². The normalized spacial score (nSPS) is 32.9. The Morgan fingerprint density at radius 3 is 2.65 bits per heavy atom. The van der Waals surface area contributed by atoms with E-state index in [0.29, 0.717) is 0 Å². The van der Waals surface area contributed by atoms with Crippen LogP contribution in [0.4, 0.5) is 0 Å². The average Bonchev–Trinajstić information content (AvgIpc) is 2.57. The lowest BCUT2D eigenvalue weighted by molar-refractivity contribution is -0.0555. The number of aromatic nitrogens is 3. The number of ether oxygens (including phenoxy) is 1. The maximum absolute atomic E-state index is 11.4. The summed E-state index contributed by atoms with van der Waals surface area (Å²) in [7, 11) is 0. The monoisotopic (exact) mass is 245 g/mol. The SMILES string of the molecule is O=c1ncn([C@@H]2O[C@@H](CO)[C@@H](O)[C@@H]2O)c(=O)[nH]1. The van der Waals surface area contributed by atoms with Crippen molar-refractivity contribution in [2.75, 3.05) is 6.61 Å². The van der Waals surface area contributed by atoms with Gasteiger partial charge in [-0.15, -0.1) is 0 Å². The van der Waals surface area contributed by atoms with Crippen molar-refractivity contribution in [1.29, 1.82) is 0 Å². The predicted molar refractivity (Wildman–Crippen MR) is 52.1 cm³/mol. The average molecular weight is 245 g/mol. The summed E-state index contributed by atoms with van der Waals surface area (Å²) in [5.74, 6) is 0. The highest BCUT2D eigenvalue weighted by molar-refractivity contribution is 4.89. The van der Waals surface area contributed by atoms with Crippen LogP contribution < -0.4 is 11.4 Å². The summed E-state index contributed by atoms with van der Waals surface area (Å²) in [6.07, 6.45) is -3.99. The van der Waals surface area contributed by atoms with E-state index < -0.39 is 42.5 Å². The number of hydrogen-bond acceptors (Lipinski definition) is 7. The minimum Gasteiger partial charge on any atom is -0.394 e. The highest BCUT2D eigenvalue weighted by atomic mass is 16.6. The molecule has 17 heavy (non-hydrogen) atoms. The van der Waals surface area contributed by atoms with Crippen LogP contribution in [0, 0.1) is 0 Å². The molecule has 0 radical (unpaired) electrons. The predicted octanol–water partition coefficient (Wildman–Crippen LogP) is -3.46. The number of nitrogens with zero attached hydrogens (tertiary/aromatic N) is 2. The van der Waals surface area contributed by atoms with Crippen LogP contribution in [0.1, 0.15) is 6.23 Å². The third-order valence-electron chi connectivity index (χ3n) is 2.54. The molecule has 9 heteroatoms. The van der Waals surface area contributed by atoms with Gasteiger partial charge >= 0.3 is 11.4 Å². The Labute approximate surface area is 93.9 Å². The van der Waals surface area contributed by atoms with Gasteiger partial charge in [-0.05, 0) is 0 Å². The zero-order valence-electron chi connectivity index (χ0n) is 8.55. The summed E-state index contributed by atoms with van der Waals surface area (Å²) in [5.41, 5.74) is -1.64. The van der Waals surface area contributed by atoms with Gasteiger partial charge in [-0.1, -0.05) is 0 Å². The Bertz CT molecular complexity index is 510. The Kier molecular flexibility index (Phi) is 3.07. The Hall–Kier alpha value is -1.55. The molecule has 1 aromatic rings. The van der Waals surface area contributed by atoms with E-state index in [1.807, 2.05) is 4.98 Å². The Morgan fingerprint density at radius 1 is 1.41 bits per heavy atom. The zero-order chi connectivity index (χ0) is 12.6. The second-order valence-corrected chi connectivity index (χ2v) is 3.62. The number of nitrogens with one attached hydrogen (secondary N) is 1. The van der Waals surface area contributed by atoms with Crippen molar-refractivity contribution < 1.29 is 20.1 Å². The van der Waals surface area contributed by atoms with Gasteiger partial charge in [-0.25, -0.2) is 9.59 Å². The van der Waals surface area contributed by atoms with Crippen molar-refractivity contribution in [2.45, 2.75) is 24.5 Å². The van der Waals surface area contributed by atoms with Gasteiger partial charge < -0.3 is 20.1 Å². The first kappa shape index (κ1) is 11.9. The molecular weight excluding hydrogens is 234 g/mol. The van der Waals surface area contributed by atoms with Crippen LogP contribution >= 0.6 is 0 Å². The van der Waals surface area contributed by atoms with Gasteiger partial charge in [0.25, 0.3) is 0 Å². The van der Waals surface area contributed by atoms with Gasteiger partial charge in [0.2, 0.25) is 0 Å². The molecule has 9 nitrogen and oxygen atoms in total. The van der Waals surface area contributed by atoms with Gasteiger partial charge in [0, 0.05) is 0 Å². The van der Waals surface area contributed by atoms with Crippen molar-refractivity contribution in [3.05, 3.63) is 27.3 Å². The molecule has 1 aromatic heterocycles. The Balaban J connectivity index is 2.35. The minimum absolute atomic E-state index is 0.500. The fourth-order valence-electron chi connectivity index (χ4n) is 1.65. The minimum atomic E-state index is -1.39. The summed E-state index contributed by atoms with van der Waals surface area (Å²) in [5, 5.41) is 28.0. The van der Waals surface area contributed by atoms with Crippen LogP contribution in [0.5, 0.6) is 0 Å². The second-order valence-electron chi connectivity index (χ2n) is 3.62. The first-order valence-corrected chi connectivity index (χ1v) is 4.84. The molecule has 0 saturated carbocycles. The van der Waals surface area contributed by atoms with E-state index >= 15 is 0 Å². The van der Waals surface area contributed by atoms with Crippen LogP contribution in [0.2, 0.25) is 0 Å². The molecule has 2 rings (SSSR count). The van der Waals surface area contributed by atoms with Crippen LogP contribution in [0.3, 0.4) is 0 Å². The summed E-state index contributed by atoms with van der Waals surface area (Å²) in [6.45, 7) is -0.500. The van der Waals surface area contributed by atoms with Crippen LogP contribution in [0.25, 0.3) is 0 Å². The molecule has 0 unspecified atom stereocenters. The van der Waals surface area contributed by atoms with Gasteiger partial charge in [0.05, 0.1) is 6.61 Å². The second kappa shape index (κ2) is 4.37. The van der Waals surface area contributed by atoms with E-state index in [4.69, 9.17) is 9.84 Å². The zero-order valence-corrected chi connectivity index (χ0v) is 8.55. The van der Waals surface area contributed by atoms with Crippen molar-refractivity contribution in [3.8, 4) is 0 Å². The fraction of sp³-hybridized carbons (Fsp3) is 0.625. The van der Waals surface area contributed by atoms with Crippen molar-refractivity contribution in [1.82, 2.24) is 14.5 Å². The van der Waals surface area contributed by atoms with Gasteiger partial charge in [-0.3, -0.25) is 9.55 Å². The third kappa shape index (κ3) is 2.00. The molecule has 4 atom stereocenters. The van der Waals surface area contributed by atoms with E-state index in [0.717, 1.165) is 10.9 Å².